The molecule has 0 atom stereocenters. The first-order valence-electron chi connectivity index (χ1n) is 6.44. The van der Waals surface area contributed by atoms with Crippen LogP contribution in [0.2, 0.25) is 0 Å². The van der Waals surface area contributed by atoms with Crippen LogP contribution in [0.3, 0.4) is 0 Å². The standard InChI is InChI=1S/C15H15F2NO2/c1-9(2)13(19)10-5-11(15(8-18)3-4-15)7-12(6-10)20-14(16)17/h5-7,9,14H,3-4H2,1-2H3. The number of nitrogens with zero attached hydrogens (tertiary/aromatic N) is 1. The van der Waals surface area contributed by atoms with E-state index in [9.17, 15) is 18.8 Å². The summed E-state index contributed by atoms with van der Waals surface area (Å²) in [7, 11) is 0. The van der Waals surface area contributed by atoms with Crippen molar-refractivity contribution in [1.29, 1.82) is 5.26 Å². The molecule has 0 N–H and O–H groups in total. The van der Waals surface area contributed by atoms with Gasteiger partial charge in [-0.1, -0.05) is 13.8 Å². The molecule has 2 rings (SSSR count). The first kappa shape index (κ1) is 14.4. The van der Waals surface area contributed by atoms with Crippen LogP contribution in [-0.4, -0.2) is 12.4 Å². The Balaban J connectivity index is 2.45. The Morgan fingerprint density at radius 1 is 1.35 bits per heavy atom. The summed E-state index contributed by atoms with van der Waals surface area (Å²) in [5.74, 6) is -0.468. The number of hydrogen-bond acceptors (Lipinski definition) is 3. The van der Waals surface area contributed by atoms with Crippen LogP contribution in [0, 0.1) is 17.2 Å². The summed E-state index contributed by atoms with van der Waals surface area (Å²) in [6, 6.07) is 6.55. The Morgan fingerprint density at radius 2 is 2.00 bits per heavy atom. The highest BCUT2D eigenvalue weighted by Gasteiger charge is 2.45. The highest BCUT2D eigenvalue weighted by Crippen LogP contribution is 2.48. The number of hydrogen-bond donors (Lipinski definition) is 0. The lowest BCUT2D eigenvalue weighted by atomic mass is 9.92. The SMILES string of the molecule is CC(C)C(=O)c1cc(OC(F)F)cc(C2(C#N)CC2)c1. The van der Waals surface area contributed by atoms with E-state index in [4.69, 9.17) is 0 Å². The van der Waals surface area contributed by atoms with E-state index in [-0.39, 0.29) is 17.5 Å². The van der Waals surface area contributed by atoms with E-state index in [1.165, 1.54) is 12.1 Å². The van der Waals surface area contributed by atoms with Crippen molar-refractivity contribution < 1.29 is 18.3 Å². The van der Waals surface area contributed by atoms with Gasteiger partial charge in [0.2, 0.25) is 0 Å². The summed E-state index contributed by atoms with van der Waals surface area (Å²) in [4.78, 5) is 12.0. The smallest absolute Gasteiger partial charge is 0.387 e. The number of halogens is 2. The second-order valence-corrected chi connectivity index (χ2v) is 5.34. The Hall–Kier alpha value is -1.96. The fourth-order valence-corrected chi connectivity index (χ4v) is 2.11. The number of carbonyl (C=O) groups excluding carboxylic acids is 1. The van der Waals surface area contributed by atoms with Crippen molar-refractivity contribution in [3.8, 4) is 11.8 Å². The molecule has 0 spiro atoms. The molecule has 1 aliphatic carbocycles. The number of ketones is 1. The van der Waals surface area contributed by atoms with E-state index in [0.29, 0.717) is 24.0 Å². The maximum Gasteiger partial charge on any atom is 0.387 e. The summed E-state index contributed by atoms with van der Waals surface area (Å²) >= 11 is 0. The van der Waals surface area contributed by atoms with Gasteiger partial charge in [-0.25, -0.2) is 0 Å². The van der Waals surface area contributed by atoms with Gasteiger partial charge in [0.1, 0.15) is 5.75 Å². The molecular weight excluding hydrogens is 264 g/mol. The van der Waals surface area contributed by atoms with E-state index in [1.807, 2.05) is 0 Å². The zero-order chi connectivity index (χ0) is 14.9. The van der Waals surface area contributed by atoms with Gasteiger partial charge in [0.05, 0.1) is 11.5 Å². The van der Waals surface area contributed by atoms with E-state index >= 15 is 0 Å². The van der Waals surface area contributed by atoms with Crippen LogP contribution in [-0.2, 0) is 5.41 Å². The van der Waals surface area contributed by atoms with Gasteiger partial charge in [-0.3, -0.25) is 4.79 Å². The van der Waals surface area contributed by atoms with Gasteiger partial charge >= 0.3 is 6.61 Å². The van der Waals surface area contributed by atoms with Crippen LogP contribution in [0.15, 0.2) is 18.2 Å². The van der Waals surface area contributed by atoms with Gasteiger partial charge in [0, 0.05) is 11.5 Å². The summed E-state index contributed by atoms with van der Waals surface area (Å²) in [5, 5.41) is 9.20. The first-order valence-corrected chi connectivity index (χ1v) is 6.44. The minimum atomic E-state index is -2.95. The largest absolute Gasteiger partial charge is 0.435 e. The van der Waals surface area contributed by atoms with Crippen molar-refractivity contribution in [3.63, 3.8) is 0 Å². The van der Waals surface area contributed by atoms with Crippen molar-refractivity contribution in [2.24, 2.45) is 5.92 Å². The number of alkyl halides is 2. The molecule has 20 heavy (non-hydrogen) atoms. The zero-order valence-corrected chi connectivity index (χ0v) is 11.3. The molecule has 106 valence electrons. The molecule has 0 bridgehead atoms. The molecule has 0 aromatic heterocycles. The maximum atomic E-state index is 12.4. The molecule has 1 aromatic carbocycles. The Kier molecular flexibility index (Phi) is 3.76. The van der Waals surface area contributed by atoms with Crippen molar-refractivity contribution >= 4 is 5.78 Å². The monoisotopic (exact) mass is 279 g/mol. The summed E-state index contributed by atoms with van der Waals surface area (Å²) in [5.41, 5.74) is 0.255. The summed E-state index contributed by atoms with van der Waals surface area (Å²) in [6.07, 6.45) is 1.36. The topological polar surface area (TPSA) is 50.1 Å². The summed E-state index contributed by atoms with van der Waals surface area (Å²) in [6.45, 7) is 0.518. The quantitative estimate of drug-likeness (QED) is 0.772. The number of rotatable bonds is 5. The second kappa shape index (κ2) is 5.20. The molecule has 0 saturated heterocycles. The molecule has 0 heterocycles. The van der Waals surface area contributed by atoms with Crippen molar-refractivity contribution in [2.45, 2.75) is 38.7 Å². The highest BCUT2D eigenvalue weighted by molar-refractivity contribution is 5.98. The number of nitriles is 1. The first-order chi connectivity index (χ1) is 9.38. The third-order valence-corrected chi connectivity index (χ3v) is 3.46. The zero-order valence-electron chi connectivity index (χ0n) is 11.3. The van der Waals surface area contributed by atoms with E-state index < -0.39 is 12.0 Å². The normalized spacial score (nSPS) is 16.1. The molecule has 3 nitrogen and oxygen atoms in total. The van der Waals surface area contributed by atoms with Crippen molar-refractivity contribution in [1.82, 2.24) is 0 Å². The molecule has 1 fully saturated rings. The molecule has 1 aromatic rings. The van der Waals surface area contributed by atoms with E-state index in [2.05, 4.69) is 10.8 Å². The molecule has 5 heteroatoms. The molecule has 1 saturated carbocycles. The molecule has 1 aliphatic rings. The number of Topliss-reactive ketones (excluding diaryl/α,β-unsaturated/α-hetero) is 1. The van der Waals surface area contributed by atoms with E-state index in [0.717, 1.165) is 0 Å². The minimum absolute atomic E-state index is 0.0666. The average molecular weight is 279 g/mol. The van der Waals surface area contributed by atoms with Crippen molar-refractivity contribution in [3.05, 3.63) is 29.3 Å². The van der Waals surface area contributed by atoms with Crippen LogP contribution in [0.1, 0.15) is 42.6 Å². The number of ether oxygens (including phenoxy) is 1. The predicted molar refractivity (Wildman–Crippen MR) is 68.8 cm³/mol. The van der Waals surface area contributed by atoms with Gasteiger partial charge in [0.15, 0.2) is 5.78 Å². The minimum Gasteiger partial charge on any atom is -0.435 e. The fraction of sp³-hybridized carbons (Fsp3) is 0.467. The van der Waals surface area contributed by atoms with Gasteiger partial charge in [-0.05, 0) is 36.6 Å². The molecule has 0 aliphatic heterocycles. The van der Waals surface area contributed by atoms with Crippen LogP contribution in [0.5, 0.6) is 5.75 Å². The maximum absolute atomic E-state index is 12.4. The lowest BCUT2D eigenvalue weighted by Gasteiger charge is -2.13. The third kappa shape index (κ3) is 2.79. The number of carbonyl (C=O) groups is 1. The van der Waals surface area contributed by atoms with Crippen LogP contribution >= 0.6 is 0 Å². The van der Waals surface area contributed by atoms with Gasteiger partial charge in [-0.15, -0.1) is 0 Å². The second-order valence-electron chi connectivity index (χ2n) is 5.34. The Labute approximate surface area is 116 Å². The Morgan fingerprint density at radius 3 is 2.45 bits per heavy atom. The lowest BCUT2D eigenvalue weighted by Crippen LogP contribution is -2.12. The summed E-state index contributed by atoms with van der Waals surface area (Å²) < 4.78 is 29.1. The number of benzene rings is 1. The molecule has 0 amide bonds. The molecule has 0 radical (unpaired) electrons. The van der Waals surface area contributed by atoms with Crippen LogP contribution in [0.4, 0.5) is 8.78 Å². The lowest BCUT2D eigenvalue weighted by molar-refractivity contribution is -0.0499. The highest BCUT2D eigenvalue weighted by atomic mass is 19.3. The Bertz CT molecular complexity index is 572. The van der Waals surface area contributed by atoms with Gasteiger partial charge < -0.3 is 4.74 Å². The predicted octanol–water partition coefficient (Wildman–Crippen LogP) is 3.68. The third-order valence-electron chi connectivity index (χ3n) is 3.46. The van der Waals surface area contributed by atoms with Crippen LogP contribution in [0.25, 0.3) is 0 Å². The molecular formula is C15H15F2NO2. The molecule has 0 unspecified atom stereocenters. The van der Waals surface area contributed by atoms with E-state index in [1.54, 1.807) is 19.9 Å². The van der Waals surface area contributed by atoms with Gasteiger partial charge in [-0.2, -0.15) is 14.0 Å². The average Bonchev–Trinajstić information content (AvgIpc) is 3.17. The van der Waals surface area contributed by atoms with Gasteiger partial charge in [0.25, 0.3) is 0 Å². The fourth-order valence-electron chi connectivity index (χ4n) is 2.11. The van der Waals surface area contributed by atoms with Crippen molar-refractivity contribution in [2.75, 3.05) is 0 Å². The van der Waals surface area contributed by atoms with Crippen LogP contribution < -0.4 is 4.74 Å².